The van der Waals surface area contributed by atoms with Crippen molar-refractivity contribution in [3.8, 4) is 17.2 Å². The predicted molar refractivity (Wildman–Crippen MR) is 123 cm³/mol. The quantitative estimate of drug-likeness (QED) is 0.497. The van der Waals surface area contributed by atoms with Gasteiger partial charge in [-0.05, 0) is 75.6 Å². The van der Waals surface area contributed by atoms with Gasteiger partial charge in [0.25, 0.3) is 0 Å². The van der Waals surface area contributed by atoms with E-state index in [4.69, 9.17) is 14.2 Å². The molecule has 0 aliphatic carbocycles. The molecule has 0 N–H and O–H groups in total. The second-order valence-corrected chi connectivity index (χ2v) is 8.17. The summed E-state index contributed by atoms with van der Waals surface area (Å²) in [5, 5.41) is 0. The van der Waals surface area contributed by atoms with E-state index in [1.165, 1.54) is 0 Å². The van der Waals surface area contributed by atoms with Crippen LogP contribution in [0.3, 0.4) is 0 Å². The minimum absolute atomic E-state index is 0.130. The highest BCUT2D eigenvalue weighted by Gasteiger charge is 2.32. The Hall–Kier alpha value is -3.48. The van der Waals surface area contributed by atoms with Crippen molar-refractivity contribution in [3.05, 3.63) is 76.0 Å². The average Bonchev–Trinajstić information content (AvgIpc) is 3.11. The van der Waals surface area contributed by atoms with Crippen molar-refractivity contribution < 1.29 is 19.0 Å². The molecule has 32 heavy (non-hydrogen) atoms. The van der Waals surface area contributed by atoms with Crippen LogP contribution in [0.15, 0.2) is 53.6 Å². The zero-order valence-electron chi connectivity index (χ0n) is 19.5. The number of hydrogen-bond donors (Lipinski definition) is 0. The number of carbonyl (C=O) groups excluding carboxylic acids is 1. The molecule has 0 spiro atoms. The van der Waals surface area contributed by atoms with Gasteiger partial charge in [-0.15, -0.1) is 0 Å². The molecule has 1 aromatic heterocycles. The lowest BCUT2D eigenvalue weighted by Gasteiger charge is -2.26. The van der Waals surface area contributed by atoms with E-state index < -0.39 is 11.6 Å². The Kier molecular flexibility index (Phi) is 6.77. The maximum Gasteiger partial charge on any atom is 0.349 e. The van der Waals surface area contributed by atoms with E-state index in [2.05, 4.69) is 0 Å². The fourth-order valence-electron chi connectivity index (χ4n) is 3.56. The van der Waals surface area contributed by atoms with E-state index in [1.807, 2.05) is 50.2 Å². The molecule has 7 nitrogen and oxygen atoms in total. The van der Waals surface area contributed by atoms with E-state index in [-0.39, 0.29) is 5.69 Å². The van der Waals surface area contributed by atoms with Crippen LogP contribution in [-0.2, 0) is 16.1 Å². The first-order valence-corrected chi connectivity index (χ1v) is 10.5. The average molecular weight is 439 g/mol. The Bertz CT molecular complexity index is 1130. The van der Waals surface area contributed by atoms with Gasteiger partial charge in [0.1, 0.15) is 11.5 Å². The monoisotopic (exact) mass is 438 g/mol. The van der Waals surface area contributed by atoms with Crippen LogP contribution in [0.5, 0.6) is 11.5 Å². The van der Waals surface area contributed by atoms with Crippen molar-refractivity contribution in [1.29, 1.82) is 0 Å². The predicted octanol–water partition coefficient (Wildman–Crippen LogP) is 4.03. The summed E-state index contributed by atoms with van der Waals surface area (Å²) in [6.07, 6.45) is 3.52. The van der Waals surface area contributed by atoms with Crippen molar-refractivity contribution in [2.45, 2.75) is 46.8 Å². The van der Waals surface area contributed by atoms with E-state index >= 15 is 0 Å². The molecule has 3 rings (SSSR count). The first kappa shape index (κ1) is 23.2. The van der Waals surface area contributed by atoms with Crippen molar-refractivity contribution in [2.24, 2.45) is 0 Å². The molecule has 0 amide bonds. The molecule has 0 bridgehead atoms. The molecule has 170 valence electrons. The Balaban J connectivity index is 1.83. The summed E-state index contributed by atoms with van der Waals surface area (Å²) in [6, 6.07) is 11.3. The topological polar surface area (TPSA) is 71.7 Å². The Morgan fingerprint density at radius 1 is 1.03 bits per heavy atom. The number of aryl methyl sites for hydroxylation is 2. The van der Waals surface area contributed by atoms with Crippen LogP contribution in [0.1, 0.15) is 37.5 Å². The zero-order valence-corrected chi connectivity index (χ0v) is 19.5. The van der Waals surface area contributed by atoms with Crippen LogP contribution < -0.4 is 15.2 Å². The van der Waals surface area contributed by atoms with Crippen molar-refractivity contribution in [2.75, 3.05) is 13.7 Å². The summed E-state index contributed by atoms with van der Waals surface area (Å²) in [5.41, 5.74) is 2.29. The SMILES string of the molecule is CCOC(=O)C(C)(C)Oc1c(C)cc(Cn2ccn(-c3ccc(OC)cc3)c2=O)cc1C. The van der Waals surface area contributed by atoms with Crippen molar-refractivity contribution >= 4 is 5.97 Å². The third-order valence-corrected chi connectivity index (χ3v) is 5.20. The van der Waals surface area contributed by atoms with Gasteiger partial charge in [0.05, 0.1) is 25.9 Å². The van der Waals surface area contributed by atoms with Crippen LogP contribution in [0.25, 0.3) is 5.69 Å². The highest BCUT2D eigenvalue weighted by molar-refractivity contribution is 5.79. The summed E-state index contributed by atoms with van der Waals surface area (Å²) in [7, 11) is 1.61. The minimum Gasteiger partial charge on any atom is -0.497 e. The number of nitrogens with zero attached hydrogens (tertiary/aromatic N) is 2. The molecule has 0 aliphatic heterocycles. The number of ether oxygens (including phenoxy) is 3. The lowest BCUT2D eigenvalue weighted by molar-refractivity contribution is -0.158. The summed E-state index contributed by atoms with van der Waals surface area (Å²) in [5.74, 6) is 0.977. The molecule has 1 heterocycles. The molecule has 0 fully saturated rings. The van der Waals surface area contributed by atoms with Crippen LogP contribution in [0.4, 0.5) is 0 Å². The normalized spacial score (nSPS) is 11.3. The fourth-order valence-corrected chi connectivity index (χ4v) is 3.56. The molecule has 0 unspecified atom stereocenters. The molecule has 7 heteroatoms. The van der Waals surface area contributed by atoms with Gasteiger partial charge in [0, 0.05) is 12.4 Å². The number of imidazole rings is 1. The van der Waals surface area contributed by atoms with Gasteiger partial charge in [-0.2, -0.15) is 0 Å². The number of esters is 1. The maximum atomic E-state index is 12.9. The summed E-state index contributed by atoms with van der Waals surface area (Å²) < 4.78 is 19.6. The minimum atomic E-state index is -1.10. The first-order valence-electron chi connectivity index (χ1n) is 10.5. The van der Waals surface area contributed by atoms with E-state index in [0.29, 0.717) is 18.9 Å². The van der Waals surface area contributed by atoms with Gasteiger partial charge in [0.2, 0.25) is 0 Å². The number of carbonyl (C=O) groups is 1. The molecule has 2 aromatic carbocycles. The highest BCUT2D eigenvalue weighted by Crippen LogP contribution is 2.29. The van der Waals surface area contributed by atoms with Crippen molar-refractivity contribution in [1.82, 2.24) is 9.13 Å². The maximum absolute atomic E-state index is 12.9. The first-order chi connectivity index (χ1) is 15.2. The second kappa shape index (κ2) is 9.34. The molecule has 0 saturated carbocycles. The number of methoxy groups -OCH3 is 1. The number of rotatable bonds is 8. The third kappa shape index (κ3) is 4.88. The zero-order chi connectivity index (χ0) is 23.5. The van der Waals surface area contributed by atoms with Crippen molar-refractivity contribution in [3.63, 3.8) is 0 Å². The van der Waals surface area contributed by atoms with Crippen LogP contribution in [0, 0.1) is 13.8 Å². The molecule has 0 aliphatic rings. The lowest BCUT2D eigenvalue weighted by Crippen LogP contribution is -2.40. The molecular weight excluding hydrogens is 408 g/mol. The van der Waals surface area contributed by atoms with E-state index in [9.17, 15) is 9.59 Å². The Morgan fingerprint density at radius 2 is 1.66 bits per heavy atom. The molecule has 0 radical (unpaired) electrons. The van der Waals surface area contributed by atoms with Gasteiger partial charge in [0.15, 0.2) is 5.60 Å². The van der Waals surface area contributed by atoms with Gasteiger partial charge in [-0.3, -0.25) is 9.13 Å². The van der Waals surface area contributed by atoms with E-state index in [0.717, 1.165) is 28.1 Å². The van der Waals surface area contributed by atoms with Crippen LogP contribution in [-0.4, -0.2) is 34.4 Å². The Morgan fingerprint density at radius 3 is 2.22 bits per heavy atom. The number of hydrogen-bond acceptors (Lipinski definition) is 5. The molecule has 3 aromatic rings. The smallest absolute Gasteiger partial charge is 0.349 e. The summed E-state index contributed by atoms with van der Waals surface area (Å²) in [4.78, 5) is 25.1. The van der Waals surface area contributed by atoms with Gasteiger partial charge < -0.3 is 14.2 Å². The summed E-state index contributed by atoms with van der Waals surface area (Å²) >= 11 is 0. The standard InChI is InChI=1S/C25H30N2O5/c1-7-31-23(28)25(4,5)32-22-17(2)14-19(15-18(22)3)16-26-12-13-27(24(26)29)20-8-10-21(30-6)11-9-20/h8-15H,7,16H2,1-6H3. The molecule has 0 saturated heterocycles. The third-order valence-electron chi connectivity index (χ3n) is 5.20. The number of benzene rings is 2. The Labute approximate surface area is 188 Å². The highest BCUT2D eigenvalue weighted by atomic mass is 16.6. The number of aromatic nitrogens is 2. The van der Waals surface area contributed by atoms with Gasteiger partial charge >= 0.3 is 11.7 Å². The second-order valence-electron chi connectivity index (χ2n) is 8.17. The largest absolute Gasteiger partial charge is 0.497 e. The lowest BCUT2D eigenvalue weighted by atomic mass is 10.0. The van der Waals surface area contributed by atoms with Gasteiger partial charge in [-0.25, -0.2) is 9.59 Å². The van der Waals surface area contributed by atoms with Crippen LogP contribution in [0.2, 0.25) is 0 Å². The summed E-state index contributed by atoms with van der Waals surface area (Å²) in [6.45, 7) is 9.73. The van der Waals surface area contributed by atoms with E-state index in [1.54, 1.807) is 49.4 Å². The van der Waals surface area contributed by atoms with Gasteiger partial charge in [-0.1, -0.05) is 12.1 Å². The molecular formula is C25H30N2O5. The fraction of sp³-hybridized carbons (Fsp3) is 0.360. The molecule has 0 atom stereocenters. The van der Waals surface area contributed by atoms with Crippen LogP contribution >= 0.6 is 0 Å².